The summed E-state index contributed by atoms with van der Waals surface area (Å²) in [6, 6.07) is 4.85. The van der Waals surface area contributed by atoms with Gasteiger partial charge < -0.3 is 16.4 Å². The molecule has 0 saturated carbocycles. The second-order valence-electron chi connectivity index (χ2n) is 4.97. The van der Waals surface area contributed by atoms with Gasteiger partial charge >= 0.3 is 6.03 Å². The van der Waals surface area contributed by atoms with Gasteiger partial charge in [-0.1, -0.05) is 19.9 Å². The zero-order chi connectivity index (χ0) is 14.6. The number of nitrogens with two attached hydrogens (primary N) is 1. The fourth-order valence-corrected chi connectivity index (χ4v) is 1.57. The first-order chi connectivity index (χ1) is 8.82. The Balaban J connectivity index is 2.80. The molecule has 0 fully saturated rings. The lowest BCUT2D eigenvalue weighted by molar-refractivity contribution is 0.0999. The molecule has 0 spiro atoms. The fraction of sp³-hybridized carbons (Fsp3) is 0.429. The van der Waals surface area contributed by atoms with Gasteiger partial charge in [-0.05, 0) is 37.5 Å². The lowest BCUT2D eigenvalue weighted by Crippen LogP contribution is -2.39. The third-order valence-electron chi connectivity index (χ3n) is 3.21. The van der Waals surface area contributed by atoms with Crippen molar-refractivity contribution in [1.29, 1.82) is 0 Å². The van der Waals surface area contributed by atoms with Crippen LogP contribution in [0.25, 0.3) is 0 Å². The van der Waals surface area contributed by atoms with E-state index < -0.39 is 5.91 Å². The Labute approximate surface area is 113 Å². The van der Waals surface area contributed by atoms with Crippen molar-refractivity contribution in [3.05, 3.63) is 29.3 Å². The average molecular weight is 263 g/mol. The number of carbonyl (C=O) groups is 2. The Morgan fingerprint density at radius 3 is 2.37 bits per heavy atom. The number of urea groups is 1. The van der Waals surface area contributed by atoms with E-state index >= 15 is 0 Å². The van der Waals surface area contributed by atoms with E-state index in [1.807, 2.05) is 20.8 Å². The molecular formula is C14H21N3O2. The van der Waals surface area contributed by atoms with Crippen LogP contribution in [0.4, 0.5) is 10.5 Å². The Morgan fingerprint density at radius 1 is 1.21 bits per heavy atom. The minimum Gasteiger partial charge on any atom is -0.366 e. The van der Waals surface area contributed by atoms with Crippen molar-refractivity contribution in [3.8, 4) is 0 Å². The maximum absolute atomic E-state index is 11.8. The Morgan fingerprint density at radius 2 is 1.84 bits per heavy atom. The van der Waals surface area contributed by atoms with Crippen molar-refractivity contribution in [1.82, 2.24) is 5.32 Å². The van der Waals surface area contributed by atoms with Crippen LogP contribution in [0.15, 0.2) is 18.2 Å². The molecule has 0 aliphatic carbocycles. The van der Waals surface area contributed by atoms with E-state index in [-0.39, 0.29) is 12.1 Å². The van der Waals surface area contributed by atoms with Crippen LogP contribution in [0.3, 0.4) is 0 Å². The summed E-state index contributed by atoms with van der Waals surface area (Å²) in [6.07, 6.45) is 0. The summed E-state index contributed by atoms with van der Waals surface area (Å²) in [5.74, 6) is -0.152. The summed E-state index contributed by atoms with van der Waals surface area (Å²) >= 11 is 0. The van der Waals surface area contributed by atoms with Crippen LogP contribution in [-0.2, 0) is 0 Å². The first-order valence-corrected chi connectivity index (χ1v) is 6.29. The number of primary amides is 1. The van der Waals surface area contributed by atoms with Gasteiger partial charge in [0.1, 0.15) is 0 Å². The summed E-state index contributed by atoms with van der Waals surface area (Å²) in [6.45, 7) is 7.76. The fourth-order valence-electron chi connectivity index (χ4n) is 1.57. The molecule has 0 aromatic heterocycles. The molecule has 0 radical (unpaired) electrons. The van der Waals surface area contributed by atoms with Gasteiger partial charge in [0.05, 0.1) is 0 Å². The van der Waals surface area contributed by atoms with Gasteiger partial charge in [-0.3, -0.25) is 4.79 Å². The third kappa shape index (κ3) is 3.98. The third-order valence-corrected chi connectivity index (χ3v) is 3.21. The number of anilines is 1. The smallest absolute Gasteiger partial charge is 0.319 e. The SMILES string of the molecule is Cc1c(NC(=O)N[C@@H](C)C(C)C)cccc1C(N)=O. The molecule has 19 heavy (non-hydrogen) atoms. The van der Waals surface area contributed by atoms with Crippen LogP contribution < -0.4 is 16.4 Å². The number of amides is 3. The molecule has 1 rings (SSSR count). The molecule has 5 nitrogen and oxygen atoms in total. The first kappa shape index (κ1) is 15.0. The van der Waals surface area contributed by atoms with Crippen LogP contribution in [0.2, 0.25) is 0 Å². The van der Waals surface area contributed by atoms with Gasteiger partial charge in [0.2, 0.25) is 5.91 Å². The van der Waals surface area contributed by atoms with Crippen LogP contribution in [0.1, 0.15) is 36.7 Å². The topological polar surface area (TPSA) is 84.2 Å². The number of hydrogen-bond acceptors (Lipinski definition) is 2. The Hall–Kier alpha value is -2.04. The van der Waals surface area contributed by atoms with Gasteiger partial charge in [0.15, 0.2) is 0 Å². The zero-order valence-corrected chi connectivity index (χ0v) is 11.8. The second kappa shape index (κ2) is 6.22. The summed E-state index contributed by atoms with van der Waals surface area (Å²) in [5, 5.41) is 5.57. The molecule has 1 atom stereocenters. The van der Waals surface area contributed by atoms with E-state index in [0.29, 0.717) is 22.7 Å². The number of benzene rings is 1. The molecule has 104 valence electrons. The summed E-state index contributed by atoms with van der Waals surface area (Å²) < 4.78 is 0. The number of rotatable bonds is 4. The van der Waals surface area contributed by atoms with E-state index in [1.165, 1.54) is 0 Å². The Kier molecular flexibility index (Phi) is 4.92. The maximum atomic E-state index is 11.8. The minimum absolute atomic E-state index is 0.0691. The quantitative estimate of drug-likeness (QED) is 0.778. The molecule has 4 N–H and O–H groups in total. The maximum Gasteiger partial charge on any atom is 0.319 e. The van der Waals surface area contributed by atoms with Gasteiger partial charge in [-0.15, -0.1) is 0 Å². The van der Waals surface area contributed by atoms with Crippen molar-refractivity contribution >= 4 is 17.6 Å². The van der Waals surface area contributed by atoms with E-state index in [0.717, 1.165) is 0 Å². The van der Waals surface area contributed by atoms with Crippen LogP contribution >= 0.6 is 0 Å². The summed E-state index contributed by atoms with van der Waals surface area (Å²) in [7, 11) is 0. The van der Waals surface area contributed by atoms with E-state index in [2.05, 4.69) is 10.6 Å². The predicted octanol–water partition coefficient (Wildman–Crippen LogP) is 2.26. The van der Waals surface area contributed by atoms with Crippen molar-refractivity contribution in [3.63, 3.8) is 0 Å². The lowest BCUT2D eigenvalue weighted by atomic mass is 10.1. The number of nitrogens with one attached hydrogen (secondary N) is 2. The van der Waals surface area contributed by atoms with Crippen molar-refractivity contribution in [2.75, 3.05) is 5.32 Å². The van der Waals surface area contributed by atoms with Crippen molar-refractivity contribution < 1.29 is 9.59 Å². The molecule has 0 saturated heterocycles. The number of carbonyl (C=O) groups excluding carboxylic acids is 2. The Bertz CT molecular complexity index is 484. The van der Waals surface area contributed by atoms with Crippen LogP contribution in [-0.4, -0.2) is 18.0 Å². The van der Waals surface area contributed by atoms with Gasteiger partial charge in [0.25, 0.3) is 0 Å². The second-order valence-corrected chi connectivity index (χ2v) is 4.97. The van der Waals surface area contributed by atoms with Crippen LogP contribution in [0.5, 0.6) is 0 Å². The molecule has 0 unspecified atom stereocenters. The average Bonchev–Trinajstić information content (AvgIpc) is 2.31. The summed E-state index contributed by atoms with van der Waals surface area (Å²) in [5.41, 5.74) is 6.94. The normalized spacial score (nSPS) is 12.1. The first-order valence-electron chi connectivity index (χ1n) is 6.29. The van der Waals surface area contributed by atoms with Crippen molar-refractivity contribution in [2.24, 2.45) is 11.7 Å². The zero-order valence-electron chi connectivity index (χ0n) is 11.8. The molecule has 0 bridgehead atoms. The van der Waals surface area contributed by atoms with Gasteiger partial charge in [0, 0.05) is 17.3 Å². The molecule has 1 aromatic carbocycles. The lowest BCUT2D eigenvalue weighted by Gasteiger charge is -2.18. The minimum atomic E-state index is -0.503. The molecular weight excluding hydrogens is 242 g/mol. The predicted molar refractivity (Wildman–Crippen MR) is 76.2 cm³/mol. The molecule has 1 aromatic rings. The molecule has 0 heterocycles. The highest BCUT2D eigenvalue weighted by atomic mass is 16.2. The van der Waals surface area contributed by atoms with E-state index in [9.17, 15) is 9.59 Å². The highest BCUT2D eigenvalue weighted by molar-refractivity contribution is 5.98. The van der Waals surface area contributed by atoms with Gasteiger partial charge in [-0.25, -0.2) is 4.79 Å². The summed E-state index contributed by atoms with van der Waals surface area (Å²) in [4.78, 5) is 23.0. The largest absolute Gasteiger partial charge is 0.366 e. The molecule has 0 aliphatic rings. The highest BCUT2D eigenvalue weighted by Crippen LogP contribution is 2.18. The standard InChI is InChI=1S/C14H21N3O2/c1-8(2)10(4)16-14(19)17-12-7-5-6-11(9(12)3)13(15)18/h5-8,10H,1-4H3,(H2,15,18)(H2,16,17,19)/t10-/m0/s1. The van der Waals surface area contributed by atoms with E-state index in [1.54, 1.807) is 25.1 Å². The van der Waals surface area contributed by atoms with Crippen molar-refractivity contribution in [2.45, 2.75) is 33.7 Å². The van der Waals surface area contributed by atoms with Crippen LogP contribution in [0, 0.1) is 12.8 Å². The molecule has 3 amide bonds. The molecule has 5 heteroatoms. The van der Waals surface area contributed by atoms with Gasteiger partial charge in [-0.2, -0.15) is 0 Å². The monoisotopic (exact) mass is 263 g/mol. The molecule has 0 aliphatic heterocycles. The number of hydrogen-bond donors (Lipinski definition) is 3. The van der Waals surface area contributed by atoms with E-state index in [4.69, 9.17) is 5.73 Å². The highest BCUT2D eigenvalue weighted by Gasteiger charge is 2.13.